The lowest BCUT2D eigenvalue weighted by molar-refractivity contribution is -0.132. The van der Waals surface area contributed by atoms with Crippen LogP contribution in [0.5, 0.6) is 0 Å². The van der Waals surface area contributed by atoms with Crippen molar-refractivity contribution in [3.8, 4) is 6.07 Å². The van der Waals surface area contributed by atoms with Gasteiger partial charge < -0.3 is 4.90 Å². The van der Waals surface area contributed by atoms with Crippen LogP contribution in [0.15, 0.2) is 48.5 Å². The van der Waals surface area contributed by atoms with E-state index in [1.54, 1.807) is 24.3 Å². The zero-order chi connectivity index (χ0) is 16.8. The van der Waals surface area contributed by atoms with E-state index >= 15 is 0 Å². The Morgan fingerprint density at radius 2 is 1.65 bits per heavy atom. The number of carbonyl (C=O) groups excluding carboxylic acids is 1. The number of carbonyl (C=O) groups is 1. The zero-order valence-corrected chi connectivity index (χ0v) is 14.0. The molecule has 2 aromatic rings. The third kappa shape index (κ3) is 4.84. The molecule has 0 unspecified atom stereocenters. The summed E-state index contributed by atoms with van der Waals surface area (Å²) in [6.45, 7) is 4.54. The summed E-state index contributed by atoms with van der Waals surface area (Å²) in [7, 11) is 0. The highest BCUT2D eigenvalue weighted by Crippen LogP contribution is 2.14. The van der Waals surface area contributed by atoms with Crippen LogP contribution in [0, 0.1) is 11.3 Å². The highest BCUT2D eigenvalue weighted by Gasteiger charge is 2.17. The highest BCUT2D eigenvalue weighted by atomic mass is 35.5. The summed E-state index contributed by atoms with van der Waals surface area (Å²) < 4.78 is 0. The topological polar surface area (TPSA) is 44.1 Å². The van der Waals surface area contributed by atoms with Crippen LogP contribution in [0.25, 0.3) is 0 Å². The molecule has 0 saturated heterocycles. The van der Waals surface area contributed by atoms with Gasteiger partial charge in [0, 0.05) is 17.6 Å². The Kier molecular flexibility index (Phi) is 5.78. The number of halogens is 1. The summed E-state index contributed by atoms with van der Waals surface area (Å²) in [6.07, 6.45) is 0.353. The van der Waals surface area contributed by atoms with Gasteiger partial charge in [-0.25, -0.2) is 0 Å². The van der Waals surface area contributed by atoms with Crippen LogP contribution in [-0.4, -0.2) is 16.8 Å². The van der Waals surface area contributed by atoms with Gasteiger partial charge in [-0.15, -0.1) is 0 Å². The normalized spacial score (nSPS) is 10.4. The lowest BCUT2D eigenvalue weighted by Gasteiger charge is -2.27. The number of hydrogen-bond acceptors (Lipinski definition) is 2. The van der Waals surface area contributed by atoms with Crippen molar-refractivity contribution in [3.05, 3.63) is 70.2 Å². The van der Waals surface area contributed by atoms with E-state index in [1.807, 2.05) is 43.0 Å². The van der Waals surface area contributed by atoms with Gasteiger partial charge >= 0.3 is 0 Å². The van der Waals surface area contributed by atoms with Gasteiger partial charge in [0.25, 0.3) is 0 Å². The predicted octanol–water partition coefficient (Wildman–Crippen LogP) is 4.19. The molecule has 118 valence electrons. The van der Waals surface area contributed by atoms with Gasteiger partial charge in [0.05, 0.1) is 18.1 Å². The molecule has 0 bridgehead atoms. The standard InChI is InChI=1S/C19H19ClN2O/c1-14(2)22(13-17-5-3-16(12-21)4-6-17)19(23)11-15-7-9-18(20)10-8-15/h3-10,14H,11,13H2,1-2H3. The minimum atomic E-state index is 0.0756. The average Bonchev–Trinajstić information content (AvgIpc) is 2.55. The molecule has 0 heterocycles. The molecule has 2 aromatic carbocycles. The molecule has 0 aliphatic rings. The van der Waals surface area contributed by atoms with Crippen LogP contribution in [0.1, 0.15) is 30.5 Å². The van der Waals surface area contributed by atoms with Crippen molar-refractivity contribution in [1.82, 2.24) is 4.90 Å². The predicted molar refractivity (Wildman–Crippen MR) is 92.0 cm³/mol. The maximum Gasteiger partial charge on any atom is 0.227 e. The fraction of sp³-hybridized carbons (Fsp3) is 0.263. The van der Waals surface area contributed by atoms with Gasteiger partial charge in [-0.1, -0.05) is 35.9 Å². The molecule has 3 nitrogen and oxygen atoms in total. The molecule has 0 aliphatic carbocycles. The molecule has 0 aromatic heterocycles. The van der Waals surface area contributed by atoms with E-state index in [9.17, 15) is 4.79 Å². The molecule has 0 fully saturated rings. The fourth-order valence-electron chi connectivity index (χ4n) is 2.32. The Morgan fingerprint density at radius 3 is 2.17 bits per heavy atom. The smallest absolute Gasteiger partial charge is 0.227 e. The summed E-state index contributed by atoms with van der Waals surface area (Å²) >= 11 is 5.87. The Bertz CT molecular complexity index is 700. The molecule has 2 rings (SSSR count). The molecule has 0 radical (unpaired) electrons. The van der Waals surface area contributed by atoms with Crippen molar-refractivity contribution in [2.75, 3.05) is 0 Å². The summed E-state index contributed by atoms with van der Waals surface area (Å²) in [5, 5.41) is 9.51. The number of nitrogens with zero attached hydrogens (tertiary/aromatic N) is 2. The van der Waals surface area contributed by atoms with Crippen molar-refractivity contribution < 1.29 is 4.79 Å². The second kappa shape index (κ2) is 7.80. The van der Waals surface area contributed by atoms with E-state index in [1.165, 1.54) is 0 Å². The lowest BCUT2D eigenvalue weighted by Crippen LogP contribution is -2.37. The molecule has 0 spiro atoms. The molecular formula is C19H19ClN2O. The van der Waals surface area contributed by atoms with E-state index in [2.05, 4.69) is 6.07 Å². The van der Waals surface area contributed by atoms with Gasteiger partial charge in [0.2, 0.25) is 5.91 Å². The first kappa shape index (κ1) is 17.1. The van der Waals surface area contributed by atoms with Crippen molar-refractivity contribution in [1.29, 1.82) is 5.26 Å². The first-order chi connectivity index (χ1) is 11.0. The number of amides is 1. The Morgan fingerprint density at radius 1 is 1.09 bits per heavy atom. The van der Waals surface area contributed by atoms with Gasteiger partial charge in [0.15, 0.2) is 0 Å². The minimum Gasteiger partial charge on any atom is -0.336 e. The molecule has 23 heavy (non-hydrogen) atoms. The third-order valence-electron chi connectivity index (χ3n) is 3.65. The van der Waals surface area contributed by atoms with Crippen LogP contribution in [0.3, 0.4) is 0 Å². The van der Waals surface area contributed by atoms with E-state index in [0.717, 1.165) is 11.1 Å². The van der Waals surface area contributed by atoms with E-state index in [4.69, 9.17) is 16.9 Å². The zero-order valence-electron chi connectivity index (χ0n) is 13.3. The van der Waals surface area contributed by atoms with Gasteiger partial charge in [-0.2, -0.15) is 5.26 Å². The summed E-state index contributed by atoms with van der Waals surface area (Å²) in [5.41, 5.74) is 2.59. The van der Waals surface area contributed by atoms with Gasteiger partial charge in [-0.05, 0) is 49.2 Å². The molecule has 0 atom stereocenters. The molecule has 0 N–H and O–H groups in total. The van der Waals surface area contributed by atoms with E-state index < -0.39 is 0 Å². The van der Waals surface area contributed by atoms with Gasteiger partial charge in [0.1, 0.15) is 0 Å². The van der Waals surface area contributed by atoms with Crippen LogP contribution in [-0.2, 0) is 17.8 Å². The second-order valence-corrected chi connectivity index (χ2v) is 6.16. The monoisotopic (exact) mass is 326 g/mol. The first-order valence-corrected chi connectivity index (χ1v) is 7.90. The molecule has 0 aliphatic heterocycles. The van der Waals surface area contributed by atoms with Crippen LogP contribution < -0.4 is 0 Å². The Hall–Kier alpha value is -2.31. The summed E-state index contributed by atoms with van der Waals surface area (Å²) in [4.78, 5) is 14.5. The Labute approximate surface area is 142 Å². The second-order valence-electron chi connectivity index (χ2n) is 5.73. The minimum absolute atomic E-state index is 0.0756. The maximum atomic E-state index is 12.6. The van der Waals surface area contributed by atoms with Crippen LogP contribution in [0.2, 0.25) is 5.02 Å². The number of benzene rings is 2. The Balaban J connectivity index is 2.09. The molecular weight excluding hydrogens is 308 g/mol. The van der Waals surface area contributed by atoms with E-state index in [-0.39, 0.29) is 11.9 Å². The van der Waals surface area contributed by atoms with Crippen molar-refractivity contribution in [3.63, 3.8) is 0 Å². The molecule has 4 heteroatoms. The molecule has 1 amide bonds. The summed E-state index contributed by atoms with van der Waals surface area (Å²) in [5.74, 6) is 0.0756. The lowest BCUT2D eigenvalue weighted by atomic mass is 10.1. The van der Waals surface area contributed by atoms with Crippen LogP contribution >= 0.6 is 11.6 Å². The van der Waals surface area contributed by atoms with Crippen molar-refractivity contribution >= 4 is 17.5 Å². The third-order valence-corrected chi connectivity index (χ3v) is 3.90. The largest absolute Gasteiger partial charge is 0.336 e. The quantitative estimate of drug-likeness (QED) is 0.826. The van der Waals surface area contributed by atoms with Crippen molar-refractivity contribution in [2.45, 2.75) is 32.9 Å². The average molecular weight is 327 g/mol. The highest BCUT2D eigenvalue weighted by molar-refractivity contribution is 6.30. The first-order valence-electron chi connectivity index (χ1n) is 7.52. The number of rotatable bonds is 5. The molecule has 0 saturated carbocycles. The maximum absolute atomic E-state index is 12.6. The summed E-state index contributed by atoms with van der Waals surface area (Å²) in [6, 6.07) is 16.9. The SMILES string of the molecule is CC(C)N(Cc1ccc(C#N)cc1)C(=O)Cc1ccc(Cl)cc1. The van der Waals surface area contributed by atoms with Gasteiger partial charge in [-0.3, -0.25) is 4.79 Å². The van der Waals surface area contributed by atoms with Crippen LogP contribution in [0.4, 0.5) is 0 Å². The number of hydrogen-bond donors (Lipinski definition) is 0. The number of nitriles is 1. The van der Waals surface area contributed by atoms with E-state index in [0.29, 0.717) is 23.6 Å². The fourth-order valence-corrected chi connectivity index (χ4v) is 2.44. The van der Waals surface area contributed by atoms with Crippen molar-refractivity contribution in [2.24, 2.45) is 0 Å².